The van der Waals surface area contributed by atoms with Crippen molar-refractivity contribution >= 4 is 5.97 Å². The van der Waals surface area contributed by atoms with Crippen LogP contribution in [0.25, 0.3) is 0 Å². The van der Waals surface area contributed by atoms with Gasteiger partial charge in [-0.2, -0.15) is 0 Å². The Kier molecular flexibility index (Phi) is 4.42. The lowest BCUT2D eigenvalue weighted by Crippen LogP contribution is -2.12. The molecule has 17 heavy (non-hydrogen) atoms. The molecule has 2 rings (SSSR count). The molecule has 1 aliphatic carbocycles. The van der Waals surface area contributed by atoms with Crippen molar-refractivity contribution in [3.8, 4) is 5.75 Å². The van der Waals surface area contributed by atoms with E-state index < -0.39 is 0 Å². The molecule has 1 fully saturated rings. The predicted octanol–water partition coefficient (Wildman–Crippen LogP) is 2.80. The molecule has 0 bridgehead atoms. The molecule has 92 valence electrons. The van der Waals surface area contributed by atoms with E-state index in [-0.39, 0.29) is 5.97 Å². The standard InChI is InChI=1S/C14H18O3/c15-14(9-8-12-6-7-12)17-11-10-16-13-4-2-1-3-5-13/h1-5,12H,6-11H2. The Balaban J connectivity index is 1.51. The topological polar surface area (TPSA) is 35.5 Å². The van der Waals surface area contributed by atoms with Crippen molar-refractivity contribution in [3.05, 3.63) is 30.3 Å². The largest absolute Gasteiger partial charge is 0.490 e. The summed E-state index contributed by atoms with van der Waals surface area (Å²) >= 11 is 0. The van der Waals surface area contributed by atoms with Crippen LogP contribution in [0.3, 0.4) is 0 Å². The van der Waals surface area contributed by atoms with E-state index in [1.165, 1.54) is 12.8 Å². The summed E-state index contributed by atoms with van der Waals surface area (Å²) in [6.07, 6.45) is 4.10. The first-order valence-electron chi connectivity index (χ1n) is 6.18. The minimum atomic E-state index is -0.103. The zero-order valence-corrected chi connectivity index (χ0v) is 9.93. The minimum Gasteiger partial charge on any atom is -0.490 e. The van der Waals surface area contributed by atoms with Crippen LogP contribution >= 0.6 is 0 Å². The molecule has 0 unspecified atom stereocenters. The Labute approximate surface area is 102 Å². The van der Waals surface area contributed by atoms with E-state index in [4.69, 9.17) is 9.47 Å². The smallest absolute Gasteiger partial charge is 0.305 e. The van der Waals surface area contributed by atoms with Crippen LogP contribution in [0.5, 0.6) is 5.75 Å². The zero-order valence-electron chi connectivity index (χ0n) is 9.93. The van der Waals surface area contributed by atoms with E-state index in [0.717, 1.165) is 18.1 Å². The fourth-order valence-corrected chi connectivity index (χ4v) is 1.63. The molecule has 1 aromatic rings. The van der Waals surface area contributed by atoms with Gasteiger partial charge in [0.2, 0.25) is 0 Å². The van der Waals surface area contributed by atoms with E-state index in [2.05, 4.69) is 0 Å². The van der Waals surface area contributed by atoms with Gasteiger partial charge in [0.15, 0.2) is 0 Å². The number of rotatable bonds is 7. The number of hydrogen-bond donors (Lipinski definition) is 0. The summed E-state index contributed by atoms with van der Waals surface area (Å²) in [6, 6.07) is 9.53. The van der Waals surface area contributed by atoms with E-state index in [1.54, 1.807) is 0 Å². The minimum absolute atomic E-state index is 0.103. The second kappa shape index (κ2) is 6.28. The molecule has 0 radical (unpaired) electrons. The second-order valence-corrected chi connectivity index (χ2v) is 4.36. The average Bonchev–Trinajstić information content (AvgIpc) is 3.17. The molecular weight excluding hydrogens is 216 g/mol. The zero-order chi connectivity index (χ0) is 11.9. The molecule has 0 amide bonds. The van der Waals surface area contributed by atoms with Crippen LogP contribution in [0.4, 0.5) is 0 Å². The molecule has 3 nitrogen and oxygen atoms in total. The fraction of sp³-hybridized carbons (Fsp3) is 0.500. The number of hydrogen-bond acceptors (Lipinski definition) is 3. The number of para-hydroxylation sites is 1. The van der Waals surface area contributed by atoms with Crippen molar-refractivity contribution in [2.45, 2.75) is 25.7 Å². The lowest BCUT2D eigenvalue weighted by molar-refractivity contribution is -0.144. The van der Waals surface area contributed by atoms with Gasteiger partial charge in [0.05, 0.1) is 0 Å². The fourth-order valence-electron chi connectivity index (χ4n) is 1.63. The highest BCUT2D eigenvalue weighted by molar-refractivity contribution is 5.69. The maximum absolute atomic E-state index is 11.3. The number of carbonyl (C=O) groups is 1. The third-order valence-corrected chi connectivity index (χ3v) is 2.81. The molecule has 3 heteroatoms. The monoisotopic (exact) mass is 234 g/mol. The highest BCUT2D eigenvalue weighted by Gasteiger charge is 2.22. The van der Waals surface area contributed by atoms with E-state index in [0.29, 0.717) is 19.6 Å². The number of esters is 1. The van der Waals surface area contributed by atoms with E-state index in [9.17, 15) is 4.79 Å². The van der Waals surface area contributed by atoms with Gasteiger partial charge in [0.1, 0.15) is 19.0 Å². The summed E-state index contributed by atoms with van der Waals surface area (Å²) in [5.74, 6) is 1.48. The van der Waals surface area contributed by atoms with Crippen LogP contribution in [-0.2, 0) is 9.53 Å². The summed E-state index contributed by atoms with van der Waals surface area (Å²) in [7, 11) is 0. The first kappa shape index (κ1) is 12.0. The van der Waals surface area contributed by atoms with Crippen molar-refractivity contribution < 1.29 is 14.3 Å². The lowest BCUT2D eigenvalue weighted by Gasteiger charge is -2.06. The molecule has 0 spiro atoms. The Hall–Kier alpha value is -1.51. The summed E-state index contributed by atoms with van der Waals surface area (Å²) in [5, 5.41) is 0. The van der Waals surface area contributed by atoms with Crippen molar-refractivity contribution in [1.82, 2.24) is 0 Å². The molecule has 0 atom stereocenters. The van der Waals surface area contributed by atoms with E-state index >= 15 is 0 Å². The quantitative estimate of drug-likeness (QED) is 0.537. The van der Waals surface area contributed by atoms with Crippen LogP contribution in [-0.4, -0.2) is 19.2 Å². The lowest BCUT2D eigenvalue weighted by atomic mass is 10.2. The van der Waals surface area contributed by atoms with Gasteiger partial charge in [-0.1, -0.05) is 31.0 Å². The third kappa shape index (κ3) is 4.89. The van der Waals surface area contributed by atoms with Crippen molar-refractivity contribution in [1.29, 1.82) is 0 Å². The Bertz CT molecular complexity index is 344. The van der Waals surface area contributed by atoms with Crippen molar-refractivity contribution in [2.75, 3.05) is 13.2 Å². The first-order chi connectivity index (χ1) is 8.34. The Morgan fingerprint density at radius 2 is 1.94 bits per heavy atom. The van der Waals surface area contributed by atoms with Gasteiger partial charge in [-0.15, -0.1) is 0 Å². The predicted molar refractivity (Wildman–Crippen MR) is 64.9 cm³/mol. The summed E-state index contributed by atoms with van der Waals surface area (Å²) in [5.41, 5.74) is 0. The van der Waals surface area contributed by atoms with Crippen LogP contribution in [0.15, 0.2) is 30.3 Å². The maximum atomic E-state index is 11.3. The molecule has 0 aromatic heterocycles. The van der Waals surface area contributed by atoms with Crippen molar-refractivity contribution in [2.24, 2.45) is 5.92 Å². The first-order valence-corrected chi connectivity index (χ1v) is 6.18. The number of benzene rings is 1. The maximum Gasteiger partial charge on any atom is 0.305 e. The van der Waals surface area contributed by atoms with Gasteiger partial charge in [0, 0.05) is 6.42 Å². The van der Waals surface area contributed by atoms with Gasteiger partial charge >= 0.3 is 5.97 Å². The van der Waals surface area contributed by atoms with Crippen LogP contribution in [0.2, 0.25) is 0 Å². The van der Waals surface area contributed by atoms with Crippen LogP contribution < -0.4 is 4.74 Å². The molecule has 0 heterocycles. The van der Waals surface area contributed by atoms with Gasteiger partial charge in [-0.25, -0.2) is 0 Å². The average molecular weight is 234 g/mol. The van der Waals surface area contributed by atoms with Gasteiger partial charge in [0.25, 0.3) is 0 Å². The molecule has 1 aromatic carbocycles. The third-order valence-electron chi connectivity index (χ3n) is 2.81. The van der Waals surface area contributed by atoms with Crippen molar-refractivity contribution in [3.63, 3.8) is 0 Å². The molecular formula is C14H18O3. The molecule has 1 aliphatic rings. The van der Waals surface area contributed by atoms with Crippen LogP contribution in [0.1, 0.15) is 25.7 Å². The van der Waals surface area contributed by atoms with Gasteiger partial charge in [-0.3, -0.25) is 4.79 Å². The highest BCUT2D eigenvalue weighted by atomic mass is 16.6. The second-order valence-electron chi connectivity index (χ2n) is 4.36. The Morgan fingerprint density at radius 3 is 2.65 bits per heavy atom. The van der Waals surface area contributed by atoms with E-state index in [1.807, 2.05) is 30.3 Å². The summed E-state index contributed by atoms with van der Waals surface area (Å²) in [4.78, 5) is 11.3. The molecule has 0 aliphatic heterocycles. The SMILES string of the molecule is O=C(CCC1CC1)OCCOc1ccccc1. The molecule has 0 N–H and O–H groups in total. The number of ether oxygens (including phenoxy) is 2. The van der Waals surface area contributed by atoms with Gasteiger partial charge < -0.3 is 9.47 Å². The molecule has 0 saturated heterocycles. The summed E-state index contributed by atoms with van der Waals surface area (Å²) < 4.78 is 10.5. The normalized spacial score (nSPS) is 14.4. The highest BCUT2D eigenvalue weighted by Crippen LogP contribution is 2.33. The molecule has 1 saturated carbocycles. The summed E-state index contributed by atoms with van der Waals surface area (Å²) in [6.45, 7) is 0.748. The number of carbonyl (C=O) groups excluding carboxylic acids is 1. The van der Waals surface area contributed by atoms with Gasteiger partial charge in [-0.05, 0) is 24.5 Å². The Morgan fingerprint density at radius 1 is 1.18 bits per heavy atom. The van der Waals surface area contributed by atoms with Crippen LogP contribution in [0, 0.1) is 5.92 Å².